The van der Waals surface area contributed by atoms with Gasteiger partial charge < -0.3 is 9.84 Å². The number of carboxylic acid groups (broad SMARTS) is 1. The van der Waals surface area contributed by atoms with Crippen LogP contribution in [0.3, 0.4) is 0 Å². The molecule has 0 saturated heterocycles. The zero-order valence-electron chi connectivity index (χ0n) is 7.37. The average Bonchev–Trinajstić information content (AvgIpc) is 2.16. The number of hydrogen-bond donors (Lipinski definition) is 1. The number of ether oxygens (including phenoxy) is 1. The van der Waals surface area contributed by atoms with Gasteiger partial charge in [-0.25, -0.2) is 0 Å². The Morgan fingerprint density at radius 1 is 1.57 bits per heavy atom. The van der Waals surface area contributed by atoms with Crippen LogP contribution in [0.5, 0.6) is 5.75 Å². The molecule has 0 aromatic heterocycles. The molecule has 1 atom stereocenters. The van der Waals surface area contributed by atoms with Crippen LogP contribution in [0.2, 0.25) is 0 Å². The number of carboxylic acids is 1. The third-order valence-electron chi connectivity index (χ3n) is 2.28. The van der Waals surface area contributed by atoms with Crippen LogP contribution in [0.25, 0.3) is 0 Å². The first-order valence-electron chi connectivity index (χ1n) is 4.31. The minimum absolute atomic E-state index is 0.281. The summed E-state index contributed by atoms with van der Waals surface area (Å²) in [6, 6.07) is 5.83. The van der Waals surface area contributed by atoms with Gasteiger partial charge in [0.05, 0.1) is 5.92 Å². The predicted molar refractivity (Wildman–Crippen MR) is 59.5 cm³/mol. The predicted octanol–water partition coefficient (Wildman–Crippen LogP) is 1.93. The molecule has 14 heavy (non-hydrogen) atoms. The highest BCUT2D eigenvalue weighted by atomic mass is 127. The van der Waals surface area contributed by atoms with Crippen molar-refractivity contribution in [3.05, 3.63) is 27.3 Å². The van der Waals surface area contributed by atoms with Crippen molar-refractivity contribution in [1.29, 1.82) is 0 Å². The summed E-state index contributed by atoms with van der Waals surface area (Å²) in [7, 11) is 0. The Bertz CT molecular complexity index is 376. The molecule has 2 rings (SSSR count). The first-order valence-corrected chi connectivity index (χ1v) is 5.39. The van der Waals surface area contributed by atoms with E-state index in [-0.39, 0.29) is 6.61 Å². The smallest absolute Gasteiger partial charge is 0.310 e. The van der Waals surface area contributed by atoms with Crippen molar-refractivity contribution in [3.8, 4) is 5.75 Å². The van der Waals surface area contributed by atoms with Crippen LogP contribution in [0.4, 0.5) is 0 Å². The summed E-state index contributed by atoms with van der Waals surface area (Å²) in [5.41, 5.74) is 0.996. The van der Waals surface area contributed by atoms with Crippen LogP contribution in [0.15, 0.2) is 18.2 Å². The fourth-order valence-corrected chi connectivity index (χ4v) is 2.08. The third kappa shape index (κ3) is 1.84. The van der Waals surface area contributed by atoms with E-state index in [1.54, 1.807) is 0 Å². The third-order valence-corrected chi connectivity index (χ3v) is 2.95. The molecule has 1 N–H and O–H groups in total. The van der Waals surface area contributed by atoms with Gasteiger partial charge in [-0.15, -0.1) is 0 Å². The summed E-state index contributed by atoms with van der Waals surface area (Å²) in [5, 5.41) is 8.85. The number of halogens is 1. The van der Waals surface area contributed by atoms with E-state index >= 15 is 0 Å². The number of fused-ring (bicyclic) bond motifs is 1. The molecular weight excluding hydrogens is 295 g/mol. The molecule has 0 radical (unpaired) electrons. The molecule has 0 fully saturated rings. The van der Waals surface area contributed by atoms with Crippen LogP contribution >= 0.6 is 22.6 Å². The fourth-order valence-electron chi connectivity index (χ4n) is 1.52. The van der Waals surface area contributed by atoms with Gasteiger partial charge in [0, 0.05) is 3.57 Å². The number of carbonyl (C=O) groups is 1. The van der Waals surface area contributed by atoms with Gasteiger partial charge in [0.2, 0.25) is 0 Å². The normalized spacial score (nSPS) is 19.6. The summed E-state index contributed by atoms with van der Waals surface area (Å²) in [4.78, 5) is 10.8. The second kappa shape index (κ2) is 3.76. The van der Waals surface area contributed by atoms with Crippen molar-refractivity contribution in [2.75, 3.05) is 6.61 Å². The van der Waals surface area contributed by atoms with Crippen molar-refractivity contribution < 1.29 is 14.6 Å². The van der Waals surface area contributed by atoms with Crippen molar-refractivity contribution >= 4 is 28.6 Å². The molecular formula is C10H9IO3. The Morgan fingerprint density at radius 3 is 3.07 bits per heavy atom. The van der Waals surface area contributed by atoms with E-state index < -0.39 is 11.9 Å². The minimum atomic E-state index is -0.783. The Labute approximate surface area is 95.2 Å². The van der Waals surface area contributed by atoms with Crippen LogP contribution in [0, 0.1) is 9.49 Å². The van der Waals surface area contributed by atoms with Crippen LogP contribution < -0.4 is 4.74 Å². The molecule has 1 heterocycles. The van der Waals surface area contributed by atoms with E-state index in [0.717, 1.165) is 14.9 Å². The van der Waals surface area contributed by atoms with Crippen molar-refractivity contribution in [3.63, 3.8) is 0 Å². The molecule has 0 spiro atoms. The lowest BCUT2D eigenvalue weighted by Gasteiger charge is -2.22. The fraction of sp³-hybridized carbons (Fsp3) is 0.300. The molecule has 74 valence electrons. The summed E-state index contributed by atoms with van der Waals surface area (Å²) in [6.07, 6.45) is 0.571. The molecule has 0 amide bonds. The second-order valence-electron chi connectivity index (χ2n) is 3.30. The maximum atomic E-state index is 10.8. The molecule has 1 aromatic carbocycles. The van der Waals surface area contributed by atoms with Gasteiger partial charge in [0.1, 0.15) is 12.4 Å². The van der Waals surface area contributed by atoms with Gasteiger partial charge in [-0.05, 0) is 52.8 Å². The molecule has 1 aromatic rings. The molecule has 1 aliphatic heterocycles. The molecule has 3 nitrogen and oxygen atoms in total. The lowest BCUT2D eigenvalue weighted by atomic mass is 9.97. The number of rotatable bonds is 1. The Morgan fingerprint density at radius 2 is 2.36 bits per heavy atom. The summed E-state index contributed by atoms with van der Waals surface area (Å²) in [6.45, 7) is 0.281. The second-order valence-corrected chi connectivity index (χ2v) is 4.55. The van der Waals surface area contributed by atoms with E-state index in [9.17, 15) is 4.79 Å². The standard InChI is InChI=1S/C10H9IO3/c11-8-1-2-9-6(4-8)3-7(5-14-9)10(12)13/h1-2,4,7H,3,5H2,(H,12,13)/t7-/m1/s1. The summed E-state index contributed by atoms with van der Waals surface area (Å²) < 4.78 is 6.48. The molecule has 0 unspecified atom stereocenters. The molecule has 4 heteroatoms. The van der Waals surface area contributed by atoms with E-state index in [2.05, 4.69) is 22.6 Å². The molecule has 0 aliphatic carbocycles. The minimum Gasteiger partial charge on any atom is -0.492 e. The lowest BCUT2D eigenvalue weighted by Crippen LogP contribution is -2.27. The summed E-state index contributed by atoms with van der Waals surface area (Å²) >= 11 is 2.21. The van der Waals surface area contributed by atoms with Gasteiger partial charge in [-0.2, -0.15) is 0 Å². The van der Waals surface area contributed by atoms with Crippen molar-refractivity contribution in [2.45, 2.75) is 6.42 Å². The van der Waals surface area contributed by atoms with Gasteiger partial charge in [0.25, 0.3) is 0 Å². The van der Waals surface area contributed by atoms with Gasteiger partial charge in [-0.1, -0.05) is 0 Å². The van der Waals surface area contributed by atoms with E-state index in [4.69, 9.17) is 9.84 Å². The molecule has 0 saturated carbocycles. The summed E-state index contributed by atoms with van der Waals surface area (Å²) in [5.74, 6) is -0.363. The largest absolute Gasteiger partial charge is 0.492 e. The Hall–Kier alpha value is -0.780. The van der Waals surface area contributed by atoms with E-state index in [1.807, 2.05) is 18.2 Å². The van der Waals surface area contributed by atoms with Crippen molar-refractivity contribution in [2.24, 2.45) is 5.92 Å². The van der Waals surface area contributed by atoms with Crippen LogP contribution in [0.1, 0.15) is 5.56 Å². The quantitative estimate of drug-likeness (QED) is 0.806. The van der Waals surface area contributed by atoms with Crippen molar-refractivity contribution in [1.82, 2.24) is 0 Å². The van der Waals surface area contributed by atoms with E-state index in [0.29, 0.717) is 6.42 Å². The first-order chi connectivity index (χ1) is 6.66. The number of hydrogen-bond acceptors (Lipinski definition) is 2. The zero-order valence-corrected chi connectivity index (χ0v) is 9.52. The molecule has 1 aliphatic rings. The average molecular weight is 304 g/mol. The highest BCUT2D eigenvalue weighted by molar-refractivity contribution is 14.1. The lowest BCUT2D eigenvalue weighted by molar-refractivity contribution is -0.143. The Balaban J connectivity index is 2.29. The van der Waals surface area contributed by atoms with Gasteiger partial charge >= 0.3 is 5.97 Å². The van der Waals surface area contributed by atoms with Gasteiger partial charge in [-0.3, -0.25) is 4.79 Å². The van der Waals surface area contributed by atoms with E-state index in [1.165, 1.54) is 0 Å². The first kappa shape index (κ1) is 9.76. The van der Waals surface area contributed by atoms with Gasteiger partial charge in [0.15, 0.2) is 0 Å². The number of aliphatic carboxylic acids is 1. The number of benzene rings is 1. The topological polar surface area (TPSA) is 46.5 Å². The molecule has 0 bridgehead atoms. The van der Waals surface area contributed by atoms with Crippen LogP contribution in [-0.4, -0.2) is 17.7 Å². The highest BCUT2D eigenvalue weighted by Gasteiger charge is 2.25. The monoisotopic (exact) mass is 304 g/mol. The maximum Gasteiger partial charge on any atom is 0.310 e. The highest BCUT2D eigenvalue weighted by Crippen LogP contribution is 2.28. The Kier molecular flexibility index (Phi) is 2.62. The van der Waals surface area contributed by atoms with Crippen LogP contribution in [-0.2, 0) is 11.2 Å². The zero-order chi connectivity index (χ0) is 10.1. The SMILES string of the molecule is O=C(O)[C@H]1COc2ccc(I)cc2C1. The maximum absolute atomic E-state index is 10.8.